The smallest absolute Gasteiger partial charge is 0.240 e. The summed E-state index contributed by atoms with van der Waals surface area (Å²) in [4.78, 5) is 20.5. The SMILES string of the molecule is CN(C)C(=O)C1NNC2CCN(Cc3cccnc3)CC21. The molecule has 1 aromatic heterocycles. The van der Waals surface area contributed by atoms with E-state index in [1.54, 1.807) is 11.1 Å². The molecule has 2 aliphatic rings. The molecule has 0 aromatic carbocycles. The van der Waals surface area contributed by atoms with E-state index < -0.39 is 0 Å². The molecule has 2 N–H and O–H groups in total. The topological polar surface area (TPSA) is 60.5 Å². The second-order valence-corrected chi connectivity index (χ2v) is 6.15. The maximum absolute atomic E-state index is 12.3. The van der Waals surface area contributed by atoms with Crippen molar-refractivity contribution in [1.82, 2.24) is 25.6 Å². The molecule has 0 saturated carbocycles. The van der Waals surface area contributed by atoms with Crippen LogP contribution < -0.4 is 10.9 Å². The van der Waals surface area contributed by atoms with Gasteiger partial charge in [0.15, 0.2) is 0 Å². The number of fused-ring (bicyclic) bond motifs is 1. The summed E-state index contributed by atoms with van der Waals surface area (Å²) in [7, 11) is 3.63. The van der Waals surface area contributed by atoms with E-state index in [9.17, 15) is 4.79 Å². The predicted molar refractivity (Wildman–Crippen MR) is 80.2 cm³/mol. The van der Waals surface area contributed by atoms with Crippen LogP contribution in [0.1, 0.15) is 12.0 Å². The van der Waals surface area contributed by atoms with E-state index in [1.807, 2.05) is 26.4 Å². The quantitative estimate of drug-likeness (QED) is 0.809. The Kier molecular flexibility index (Phi) is 4.19. The molecule has 6 nitrogen and oxygen atoms in total. The van der Waals surface area contributed by atoms with Crippen molar-refractivity contribution in [3.63, 3.8) is 0 Å². The van der Waals surface area contributed by atoms with Crippen molar-refractivity contribution in [3.8, 4) is 0 Å². The van der Waals surface area contributed by atoms with Crippen LogP contribution in [0.25, 0.3) is 0 Å². The fourth-order valence-electron chi connectivity index (χ4n) is 3.29. The lowest BCUT2D eigenvalue weighted by Crippen LogP contribution is -2.49. The minimum Gasteiger partial charge on any atom is -0.347 e. The number of likely N-dealkylation sites (tertiary alicyclic amines) is 1. The molecule has 3 atom stereocenters. The number of hydrogen-bond acceptors (Lipinski definition) is 5. The third kappa shape index (κ3) is 3.07. The molecule has 0 aliphatic carbocycles. The third-order valence-corrected chi connectivity index (χ3v) is 4.43. The highest BCUT2D eigenvalue weighted by Gasteiger charge is 2.43. The number of hydrogen-bond donors (Lipinski definition) is 2. The molecule has 2 aliphatic heterocycles. The Hall–Kier alpha value is -1.50. The van der Waals surface area contributed by atoms with Crippen molar-refractivity contribution in [2.24, 2.45) is 5.92 Å². The highest BCUT2D eigenvalue weighted by Crippen LogP contribution is 2.26. The summed E-state index contributed by atoms with van der Waals surface area (Å²) in [5.74, 6) is 0.476. The first kappa shape index (κ1) is 14.4. The molecule has 114 valence electrons. The summed E-state index contributed by atoms with van der Waals surface area (Å²) in [5.41, 5.74) is 7.70. The van der Waals surface area contributed by atoms with E-state index in [1.165, 1.54) is 5.56 Å². The van der Waals surface area contributed by atoms with Crippen LogP contribution in [0.4, 0.5) is 0 Å². The summed E-state index contributed by atoms with van der Waals surface area (Å²) in [6.07, 6.45) is 4.78. The average molecular weight is 289 g/mol. The van der Waals surface area contributed by atoms with Crippen molar-refractivity contribution in [1.29, 1.82) is 0 Å². The van der Waals surface area contributed by atoms with Crippen LogP contribution in [0.3, 0.4) is 0 Å². The van der Waals surface area contributed by atoms with Gasteiger partial charge in [0, 0.05) is 58.1 Å². The van der Waals surface area contributed by atoms with Gasteiger partial charge in [-0.05, 0) is 18.1 Å². The Balaban J connectivity index is 1.65. The number of likely N-dealkylation sites (N-methyl/N-ethyl adjacent to an activating group) is 1. The van der Waals surface area contributed by atoms with Crippen molar-refractivity contribution >= 4 is 5.91 Å². The molecule has 3 heterocycles. The third-order valence-electron chi connectivity index (χ3n) is 4.43. The number of aromatic nitrogens is 1. The largest absolute Gasteiger partial charge is 0.347 e. The molecule has 6 heteroatoms. The Morgan fingerprint density at radius 1 is 1.48 bits per heavy atom. The van der Waals surface area contributed by atoms with Gasteiger partial charge in [0.25, 0.3) is 0 Å². The first-order chi connectivity index (χ1) is 10.1. The lowest BCUT2D eigenvalue weighted by molar-refractivity contribution is -0.132. The summed E-state index contributed by atoms with van der Waals surface area (Å²) in [6, 6.07) is 4.34. The van der Waals surface area contributed by atoms with E-state index >= 15 is 0 Å². The van der Waals surface area contributed by atoms with Gasteiger partial charge >= 0.3 is 0 Å². The number of carbonyl (C=O) groups excluding carboxylic acids is 1. The van der Waals surface area contributed by atoms with Gasteiger partial charge in [0.05, 0.1) is 0 Å². The zero-order valence-electron chi connectivity index (χ0n) is 12.6. The predicted octanol–water partition coefficient (Wildman–Crippen LogP) is -0.163. The highest BCUT2D eigenvalue weighted by molar-refractivity contribution is 5.82. The van der Waals surface area contributed by atoms with Crippen LogP contribution in [0.15, 0.2) is 24.5 Å². The number of pyridine rings is 1. The standard InChI is InChI=1S/C15H23N5O/c1-19(2)15(21)14-12-10-20(7-5-13(12)17-18-14)9-11-4-3-6-16-8-11/h3-4,6,8,12-14,17-18H,5,7,9-10H2,1-2H3. The summed E-state index contributed by atoms with van der Waals surface area (Å²) in [6.45, 7) is 2.89. The van der Waals surface area contributed by atoms with Gasteiger partial charge in [0.1, 0.15) is 6.04 Å². The number of amides is 1. The van der Waals surface area contributed by atoms with Gasteiger partial charge in [-0.1, -0.05) is 6.07 Å². The van der Waals surface area contributed by atoms with E-state index in [4.69, 9.17) is 0 Å². The maximum Gasteiger partial charge on any atom is 0.240 e. The van der Waals surface area contributed by atoms with Gasteiger partial charge in [-0.25, -0.2) is 5.43 Å². The molecule has 1 aromatic rings. The number of nitrogens with one attached hydrogen (secondary N) is 2. The normalized spacial score (nSPS) is 29.1. The van der Waals surface area contributed by atoms with Crippen molar-refractivity contribution < 1.29 is 4.79 Å². The zero-order valence-corrected chi connectivity index (χ0v) is 12.6. The first-order valence-corrected chi connectivity index (χ1v) is 7.48. The molecule has 0 spiro atoms. The van der Waals surface area contributed by atoms with Crippen molar-refractivity contribution in [2.75, 3.05) is 27.2 Å². The van der Waals surface area contributed by atoms with Gasteiger partial charge in [-0.2, -0.15) is 0 Å². The lowest BCUT2D eigenvalue weighted by atomic mass is 9.87. The second-order valence-electron chi connectivity index (χ2n) is 6.15. The number of piperidine rings is 1. The van der Waals surface area contributed by atoms with Gasteiger partial charge in [0.2, 0.25) is 5.91 Å². The Bertz CT molecular complexity index is 492. The molecule has 3 rings (SSSR count). The average Bonchev–Trinajstić information content (AvgIpc) is 2.90. The van der Waals surface area contributed by atoms with Crippen LogP contribution in [0, 0.1) is 5.92 Å². The van der Waals surface area contributed by atoms with Crippen molar-refractivity contribution in [2.45, 2.75) is 25.0 Å². The molecule has 21 heavy (non-hydrogen) atoms. The van der Waals surface area contributed by atoms with Crippen LogP contribution >= 0.6 is 0 Å². The highest BCUT2D eigenvalue weighted by atomic mass is 16.2. The number of carbonyl (C=O) groups is 1. The van der Waals surface area contributed by atoms with Crippen LogP contribution in [0.5, 0.6) is 0 Å². The van der Waals surface area contributed by atoms with E-state index in [-0.39, 0.29) is 11.9 Å². The van der Waals surface area contributed by atoms with Crippen molar-refractivity contribution in [3.05, 3.63) is 30.1 Å². The maximum atomic E-state index is 12.3. The van der Waals surface area contributed by atoms with Gasteiger partial charge < -0.3 is 4.90 Å². The monoisotopic (exact) mass is 289 g/mol. The summed E-state index contributed by atoms with van der Waals surface area (Å²) in [5, 5.41) is 0. The molecular weight excluding hydrogens is 266 g/mol. The summed E-state index contributed by atoms with van der Waals surface area (Å²) >= 11 is 0. The molecule has 3 unspecified atom stereocenters. The van der Waals surface area contributed by atoms with Crippen LogP contribution in [-0.2, 0) is 11.3 Å². The lowest BCUT2D eigenvalue weighted by Gasteiger charge is -2.36. The molecule has 2 saturated heterocycles. The number of rotatable bonds is 3. The molecular formula is C15H23N5O. The second kappa shape index (κ2) is 6.09. The fraction of sp³-hybridized carbons (Fsp3) is 0.600. The van der Waals surface area contributed by atoms with Crippen LogP contribution in [0.2, 0.25) is 0 Å². The minimum absolute atomic E-state index is 0.123. The number of hydrazine groups is 1. The van der Waals surface area contributed by atoms with Crippen LogP contribution in [-0.4, -0.2) is 60.0 Å². The van der Waals surface area contributed by atoms with Gasteiger partial charge in [-0.3, -0.25) is 20.1 Å². The molecule has 2 fully saturated rings. The van der Waals surface area contributed by atoms with Gasteiger partial charge in [-0.15, -0.1) is 0 Å². The first-order valence-electron chi connectivity index (χ1n) is 7.48. The Morgan fingerprint density at radius 2 is 2.33 bits per heavy atom. The number of nitrogens with zero attached hydrogens (tertiary/aromatic N) is 3. The summed E-state index contributed by atoms with van der Waals surface area (Å²) < 4.78 is 0. The Morgan fingerprint density at radius 3 is 3.05 bits per heavy atom. The Labute approximate surface area is 125 Å². The van der Waals surface area contributed by atoms with E-state index in [0.717, 1.165) is 26.1 Å². The minimum atomic E-state index is -0.123. The molecule has 1 amide bonds. The molecule has 0 bridgehead atoms. The molecule has 0 radical (unpaired) electrons. The van der Waals surface area contributed by atoms with E-state index in [2.05, 4.69) is 26.8 Å². The zero-order chi connectivity index (χ0) is 14.8. The van der Waals surface area contributed by atoms with E-state index in [0.29, 0.717) is 12.0 Å². The fourth-order valence-corrected chi connectivity index (χ4v) is 3.29.